The molecule has 2 rings (SSSR count). The number of nitrogens with one attached hydrogen (secondary N) is 1. The molecule has 1 aliphatic rings. The van der Waals surface area contributed by atoms with E-state index in [-0.39, 0.29) is 12.1 Å². The van der Waals surface area contributed by atoms with Gasteiger partial charge in [0.1, 0.15) is 6.07 Å². The van der Waals surface area contributed by atoms with Crippen LogP contribution in [0.25, 0.3) is 0 Å². The molecule has 1 aromatic rings. The quantitative estimate of drug-likeness (QED) is 0.551. The van der Waals surface area contributed by atoms with Gasteiger partial charge in [0.05, 0.1) is 23.4 Å². The lowest BCUT2D eigenvalue weighted by molar-refractivity contribution is 0.144. The first-order chi connectivity index (χ1) is 8.70. The van der Waals surface area contributed by atoms with Crippen LogP contribution in [0.15, 0.2) is 18.2 Å². The van der Waals surface area contributed by atoms with Crippen LogP contribution in [-0.4, -0.2) is 17.3 Å². The first kappa shape index (κ1) is 12.7. The van der Waals surface area contributed by atoms with Gasteiger partial charge in [0.25, 0.3) is 0 Å². The van der Waals surface area contributed by atoms with Gasteiger partial charge in [-0.1, -0.05) is 19.3 Å². The summed E-state index contributed by atoms with van der Waals surface area (Å²) in [6.45, 7) is 0. The molecule has 0 radical (unpaired) electrons. The maximum absolute atomic E-state index is 10.1. The highest BCUT2D eigenvalue weighted by molar-refractivity contribution is 5.63. The summed E-state index contributed by atoms with van der Waals surface area (Å²) < 4.78 is 0. The van der Waals surface area contributed by atoms with Crippen molar-refractivity contribution in [3.63, 3.8) is 0 Å². The standard InChI is InChI=1S/C14H19N3O/c15-9-10-8-11(16)6-7-12(10)17-13-4-2-1-3-5-14(13)18/h6-8,13-14,17-18H,1-5,16H2. The summed E-state index contributed by atoms with van der Waals surface area (Å²) in [5.74, 6) is 0. The van der Waals surface area contributed by atoms with Crippen LogP contribution in [0, 0.1) is 11.3 Å². The summed E-state index contributed by atoms with van der Waals surface area (Å²) in [6, 6.07) is 7.40. The molecule has 0 amide bonds. The summed E-state index contributed by atoms with van der Waals surface area (Å²) in [5, 5.41) is 22.4. The average molecular weight is 245 g/mol. The van der Waals surface area contributed by atoms with Gasteiger partial charge in [-0.05, 0) is 31.0 Å². The molecule has 0 heterocycles. The maximum Gasteiger partial charge on any atom is 0.101 e. The van der Waals surface area contributed by atoms with Crippen molar-refractivity contribution in [3.05, 3.63) is 23.8 Å². The molecule has 4 N–H and O–H groups in total. The van der Waals surface area contributed by atoms with Crippen LogP contribution in [0.4, 0.5) is 11.4 Å². The third kappa shape index (κ3) is 2.93. The van der Waals surface area contributed by atoms with Crippen molar-refractivity contribution < 1.29 is 5.11 Å². The lowest BCUT2D eigenvalue weighted by atomic mass is 10.0. The molecule has 1 fully saturated rings. The highest BCUT2D eigenvalue weighted by Crippen LogP contribution is 2.24. The predicted molar refractivity (Wildman–Crippen MR) is 72.1 cm³/mol. The smallest absolute Gasteiger partial charge is 0.101 e. The SMILES string of the molecule is N#Cc1cc(N)ccc1NC1CCCCCC1O. The highest BCUT2D eigenvalue weighted by atomic mass is 16.3. The first-order valence-electron chi connectivity index (χ1n) is 6.45. The minimum atomic E-state index is -0.336. The molecule has 2 atom stereocenters. The van der Waals surface area contributed by atoms with E-state index in [0.29, 0.717) is 11.3 Å². The molecule has 1 aromatic carbocycles. The van der Waals surface area contributed by atoms with Crippen molar-refractivity contribution in [2.75, 3.05) is 11.1 Å². The number of anilines is 2. The largest absolute Gasteiger partial charge is 0.399 e. The average Bonchev–Trinajstić information content (AvgIpc) is 2.57. The van der Waals surface area contributed by atoms with Crippen molar-refractivity contribution >= 4 is 11.4 Å². The van der Waals surface area contributed by atoms with E-state index in [4.69, 9.17) is 11.0 Å². The molecule has 0 aromatic heterocycles. The number of nitrogens with zero attached hydrogens (tertiary/aromatic N) is 1. The highest BCUT2D eigenvalue weighted by Gasteiger charge is 2.22. The fourth-order valence-corrected chi connectivity index (χ4v) is 2.44. The van der Waals surface area contributed by atoms with Gasteiger partial charge >= 0.3 is 0 Å². The molecule has 4 nitrogen and oxygen atoms in total. The number of aliphatic hydroxyl groups excluding tert-OH is 1. The summed E-state index contributed by atoms with van der Waals surface area (Å²) in [6.07, 6.45) is 4.79. The minimum Gasteiger partial charge on any atom is -0.399 e. The van der Waals surface area contributed by atoms with Gasteiger partial charge in [0.15, 0.2) is 0 Å². The Morgan fingerprint density at radius 2 is 2.06 bits per heavy atom. The monoisotopic (exact) mass is 245 g/mol. The zero-order valence-corrected chi connectivity index (χ0v) is 10.4. The molecule has 18 heavy (non-hydrogen) atoms. The molecule has 0 aliphatic heterocycles. The van der Waals surface area contributed by atoms with Crippen molar-refractivity contribution in [1.82, 2.24) is 0 Å². The summed E-state index contributed by atoms with van der Waals surface area (Å²) in [4.78, 5) is 0. The number of hydrogen-bond acceptors (Lipinski definition) is 4. The Bertz CT molecular complexity index is 453. The maximum atomic E-state index is 10.1. The zero-order chi connectivity index (χ0) is 13.0. The predicted octanol–water partition coefficient (Wildman–Crippen LogP) is 2.25. The van der Waals surface area contributed by atoms with Crippen LogP contribution < -0.4 is 11.1 Å². The Balaban J connectivity index is 2.15. The van der Waals surface area contributed by atoms with E-state index in [1.165, 1.54) is 6.42 Å². The van der Waals surface area contributed by atoms with E-state index in [1.54, 1.807) is 12.1 Å². The van der Waals surface area contributed by atoms with Crippen molar-refractivity contribution in [2.24, 2.45) is 0 Å². The van der Waals surface area contributed by atoms with Crippen molar-refractivity contribution in [1.29, 1.82) is 5.26 Å². The van der Waals surface area contributed by atoms with Crippen LogP contribution in [-0.2, 0) is 0 Å². The number of nitrogen functional groups attached to an aromatic ring is 1. The summed E-state index contributed by atoms with van der Waals surface area (Å²) >= 11 is 0. The minimum absolute atomic E-state index is 0.0308. The second-order valence-electron chi connectivity index (χ2n) is 4.87. The van der Waals surface area contributed by atoms with Crippen LogP contribution in [0.3, 0.4) is 0 Å². The fraction of sp³-hybridized carbons (Fsp3) is 0.500. The first-order valence-corrected chi connectivity index (χ1v) is 6.45. The lowest BCUT2D eigenvalue weighted by Crippen LogP contribution is -2.32. The molecular weight excluding hydrogens is 226 g/mol. The van der Waals surface area contributed by atoms with E-state index in [1.807, 2.05) is 6.07 Å². The van der Waals surface area contributed by atoms with Crippen LogP contribution in [0.5, 0.6) is 0 Å². The number of aliphatic hydroxyl groups is 1. The molecule has 0 saturated heterocycles. The molecule has 0 spiro atoms. The summed E-state index contributed by atoms with van der Waals surface area (Å²) in [5.41, 5.74) is 7.54. The third-order valence-electron chi connectivity index (χ3n) is 3.48. The third-order valence-corrected chi connectivity index (χ3v) is 3.48. The fourth-order valence-electron chi connectivity index (χ4n) is 2.44. The van der Waals surface area contributed by atoms with Crippen molar-refractivity contribution in [3.8, 4) is 6.07 Å². The second-order valence-corrected chi connectivity index (χ2v) is 4.87. The van der Waals surface area contributed by atoms with E-state index < -0.39 is 0 Å². The van der Waals surface area contributed by atoms with Gasteiger partial charge in [0.2, 0.25) is 0 Å². The lowest BCUT2D eigenvalue weighted by Gasteiger charge is -2.23. The Morgan fingerprint density at radius 3 is 2.83 bits per heavy atom. The normalized spacial score (nSPS) is 24.0. The second kappa shape index (κ2) is 5.74. The van der Waals surface area contributed by atoms with E-state index in [2.05, 4.69) is 11.4 Å². The van der Waals surface area contributed by atoms with Crippen LogP contribution in [0.2, 0.25) is 0 Å². The van der Waals surface area contributed by atoms with Gasteiger partial charge in [0, 0.05) is 5.69 Å². The number of hydrogen-bond donors (Lipinski definition) is 3. The molecule has 2 unspecified atom stereocenters. The summed E-state index contributed by atoms with van der Waals surface area (Å²) in [7, 11) is 0. The molecule has 1 aliphatic carbocycles. The molecule has 0 bridgehead atoms. The van der Waals surface area contributed by atoms with Gasteiger partial charge in [-0.15, -0.1) is 0 Å². The number of nitrogens with two attached hydrogens (primary N) is 1. The Labute approximate surface area is 107 Å². The topological polar surface area (TPSA) is 82.1 Å². The van der Waals surface area contributed by atoms with Gasteiger partial charge in [-0.2, -0.15) is 5.26 Å². The van der Waals surface area contributed by atoms with Gasteiger partial charge in [-0.3, -0.25) is 0 Å². The molecular formula is C14H19N3O. The molecule has 96 valence electrons. The van der Waals surface area contributed by atoms with E-state index in [9.17, 15) is 5.11 Å². The Hall–Kier alpha value is -1.73. The zero-order valence-electron chi connectivity index (χ0n) is 10.4. The molecule has 1 saturated carbocycles. The van der Waals surface area contributed by atoms with Gasteiger partial charge < -0.3 is 16.2 Å². The van der Waals surface area contributed by atoms with Crippen LogP contribution >= 0.6 is 0 Å². The number of benzene rings is 1. The number of nitriles is 1. The Morgan fingerprint density at radius 1 is 1.28 bits per heavy atom. The van der Waals surface area contributed by atoms with Crippen molar-refractivity contribution in [2.45, 2.75) is 44.2 Å². The van der Waals surface area contributed by atoms with E-state index >= 15 is 0 Å². The number of rotatable bonds is 2. The van der Waals surface area contributed by atoms with Gasteiger partial charge in [-0.25, -0.2) is 0 Å². The van der Waals surface area contributed by atoms with Crippen LogP contribution in [0.1, 0.15) is 37.7 Å². The Kier molecular flexibility index (Phi) is 4.06. The van der Waals surface area contributed by atoms with E-state index in [0.717, 1.165) is 31.4 Å². The molecule has 4 heteroatoms.